The number of nitrogens with one attached hydrogen (secondary N) is 1. The van der Waals surface area contributed by atoms with Crippen LogP contribution in [0.1, 0.15) is 9.67 Å². The summed E-state index contributed by atoms with van der Waals surface area (Å²) in [5.41, 5.74) is 6.41. The van der Waals surface area contributed by atoms with Gasteiger partial charge in [0, 0.05) is 44.5 Å². The van der Waals surface area contributed by atoms with Crippen LogP contribution in [0, 0.1) is 0 Å². The molecule has 0 aliphatic heterocycles. The van der Waals surface area contributed by atoms with Crippen molar-refractivity contribution < 1.29 is 9.00 Å². The van der Waals surface area contributed by atoms with Crippen molar-refractivity contribution in [3.05, 3.63) is 28.1 Å². The van der Waals surface area contributed by atoms with E-state index in [4.69, 9.17) is 17.3 Å². The molecule has 1 aromatic heterocycles. The predicted molar refractivity (Wildman–Crippen MR) is 82.5 cm³/mol. The Kier molecular flexibility index (Phi) is 4.44. The van der Waals surface area contributed by atoms with Gasteiger partial charge >= 0.3 is 0 Å². The molecular formula is C12H13ClN2O2S2. The Balaban J connectivity index is 2.22. The number of rotatable bonds is 4. The molecule has 0 aliphatic carbocycles. The minimum absolute atomic E-state index is 0.236. The van der Waals surface area contributed by atoms with Gasteiger partial charge in [-0.15, -0.1) is 11.3 Å². The van der Waals surface area contributed by atoms with E-state index in [2.05, 4.69) is 5.32 Å². The molecule has 3 N–H and O–H groups in total. The third kappa shape index (κ3) is 3.26. The SMILES string of the molecule is CS(=O)CCNC(=O)c1sc2ccc(Cl)cc2c1N. The molecule has 0 aliphatic rings. The van der Waals surface area contributed by atoms with Crippen molar-refractivity contribution in [1.29, 1.82) is 0 Å². The van der Waals surface area contributed by atoms with Crippen LogP contribution < -0.4 is 11.1 Å². The van der Waals surface area contributed by atoms with E-state index in [0.717, 1.165) is 10.1 Å². The summed E-state index contributed by atoms with van der Waals surface area (Å²) < 4.78 is 11.9. The maximum Gasteiger partial charge on any atom is 0.263 e. The quantitative estimate of drug-likeness (QED) is 0.908. The van der Waals surface area contributed by atoms with Gasteiger partial charge in [-0.3, -0.25) is 9.00 Å². The lowest BCUT2D eigenvalue weighted by Crippen LogP contribution is -2.27. The average molecular weight is 317 g/mol. The summed E-state index contributed by atoms with van der Waals surface area (Å²) in [6, 6.07) is 5.36. The summed E-state index contributed by atoms with van der Waals surface area (Å²) >= 11 is 7.24. The number of halogens is 1. The lowest BCUT2D eigenvalue weighted by Gasteiger charge is -2.02. The van der Waals surface area contributed by atoms with Crippen LogP contribution in [-0.4, -0.2) is 28.7 Å². The van der Waals surface area contributed by atoms with E-state index >= 15 is 0 Å². The van der Waals surface area contributed by atoms with Crippen molar-refractivity contribution in [2.75, 3.05) is 24.3 Å². The van der Waals surface area contributed by atoms with Crippen LogP contribution in [-0.2, 0) is 10.8 Å². The molecule has 0 radical (unpaired) electrons. The summed E-state index contributed by atoms with van der Waals surface area (Å²) in [7, 11) is -0.922. The summed E-state index contributed by atoms with van der Waals surface area (Å²) in [6.07, 6.45) is 1.60. The summed E-state index contributed by atoms with van der Waals surface area (Å²) in [5.74, 6) is 0.197. The molecule has 0 saturated carbocycles. The largest absolute Gasteiger partial charge is 0.397 e. The summed E-state index contributed by atoms with van der Waals surface area (Å²) in [5, 5.41) is 4.09. The fourth-order valence-electron chi connectivity index (χ4n) is 1.65. The number of benzene rings is 1. The van der Waals surface area contributed by atoms with Crippen LogP contribution in [0.4, 0.5) is 5.69 Å². The molecule has 0 bridgehead atoms. The molecule has 1 atom stereocenters. The Morgan fingerprint density at radius 2 is 2.26 bits per heavy atom. The highest BCUT2D eigenvalue weighted by Gasteiger charge is 2.16. The second-order valence-electron chi connectivity index (χ2n) is 4.02. The lowest BCUT2D eigenvalue weighted by molar-refractivity contribution is 0.0961. The highest BCUT2D eigenvalue weighted by Crippen LogP contribution is 2.35. The molecule has 1 unspecified atom stereocenters. The van der Waals surface area contributed by atoms with E-state index in [1.165, 1.54) is 11.3 Å². The van der Waals surface area contributed by atoms with E-state index in [-0.39, 0.29) is 5.91 Å². The molecule has 2 aromatic rings. The van der Waals surface area contributed by atoms with Crippen LogP contribution in [0.3, 0.4) is 0 Å². The van der Waals surface area contributed by atoms with E-state index in [9.17, 15) is 9.00 Å². The Labute approximate surface area is 122 Å². The molecule has 1 amide bonds. The third-order valence-electron chi connectivity index (χ3n) is 2.57. The number of carbonyl (C=O) groups is 1. The van der Waals surface area contributed by atoms with E-state index < -0.39 is 10.8 Å². The summed E-state index contributed by atoms with van der Waals surface area (Å²) in [6.45, 7) is 0.371. The van der Waals surface area contributed by atoms with Gasteiger partial charge in [0.15, 0.2) is 0 Å². The lowest BCUT2D eigenvalue weighted by atomic mass is 10.2. The van der Waals surface area contributed by atoms with Crippen molar-refractivity contribution in [3.8, 4) is 0 Å². The number of nitrogens with two attached hydrogens (primary N) is 1. The van der Waals surface area contributed by atoms with E-state index in [1.807, 2.05) is 6.07 Å². The first-order valence-electron chi connectivity index (χ1n) is 5.55. The van der Waals surface area contributed by atoms with Crippen LogP contribution in [0.15, 0.2) is 18.2 Å². The standard InChI is InChI=1S/C12H13ClN2O2S2/c1-19(17)5-4-15-12(16)11-10(14)8-6-7(13)2-3-9(8)18-11/h2-3,6H,4-5,14H2,1H3,(H,15,16). The topological polar surface area (TPSA) is 72.2 Å². The molecule has 0 spiro atoms. The van der Waals surface area contributed by atoms with Crippen molar-refractivity contribution in [3.63, 3.8) is 0 Å². The van der Waals surface area contributed by atoms with Gasteiger partial charge in [-0.2, -0.15) is 0 Å². The number of amides is 1. The molecule has 1 aromatic carbocycles. The Bertz CT molecular complexity index is 654. The number of nitrogen functional groups attached to an aromatic ring is 1. The number of hydrogen-bond donors (Lipinski definition) is 2. The number of fused-ring (bicyclic) bond motifs is 1. The van der Waals surface area contributed by atoms with Gasteiger partial charge in [0.25, 0.3) is 5.91 Å². The van der Waals surface area contributed by atoms with Gasteiger partial charge in [0.05, 0.1) is 5.69 Å². The van der Waals surface area contributed by atoms with E-state index in [1.54, 1.807) is 18.4 Å². The zero-order valence-corrected chi connectivity index (χ0v) is 12.6. The van der Waals surface area contributed by atoms with Crippen molar-refractivity contribution in [2.24, 2.45) is 0 Å². The molecule has 102 valence electrons. The van der Waals surface area contributed by atoms with Crippen LogP contribution >= 0.6 is 22.9 Å². The normalized spacial score (nSPS) is 12.5. The molecule has 4 nitrogen and oxygen atoms in total. The Morgan fingerprint density at radius 1 is 1.53 bits per heavy atom. The number of hydrogen-bond acceptors (Lipinski definition) is 4. The minimum atomic E-state index is -0.922. The predicted octanol–water partition coefficient (Wildman–Crippen LogP) is 2.25. The molecular weight excluding hydrogens is 304 g/mol. The highest BCUT2D eigenvalue weighted by molar-refractivity contribution is 7.84. The van der Waals surface area contributed by atoms with Crippen LogP contribution in [0.5, 0.6) is 0 Å². The fraction of sp³-hybridized carbons (Fsp3) is 0.250. The zero-order chi connectivity index (χ0) is 14.0. The third-order valence-corrected chi connectivity index (χ3v) is 4.77. The monoisotopic (exact) mass is 316 g/mol. The van der Waals surface area contributed by atoms with Gasteiger partial charge in [0.2, 0.25) is 0 Å². The number of thiophene rings is 1. The van der Waals surface area contributed by atoms with Crippen molar-refractivity contribution in [1.82, 2.24) is 5.32 Å². The minimum Gasteiger partial charge on any atom is -0.397 e. The van der Waals surface area contributed by atoms with Crippen molar-refractivity contribution in [2.45, 2.75) is 0 Å². The molecule has 19 heavy (non-hydrogen) atoms. The van der Waals surface area contributed by atoms with Gasteiger partial charge in [-0.05, 0) is 18.2 Å². The average Bonchev–Trinajstić information content (AvgIpc) is 2.66. The van der Waals surface area contributed by atoms with Gasteiger partial charge in [-0.1, -0.05) is 11.6 Å². The molecule has 7 heteroatoms. The van der Waals surface area contributed by atoms with E-state index in [0.29, 0.717) is 27.9 Å². The van der Waals surface area contributed by atoms with Crippen molar-refractivity contribution >= 4 is 55.4 Å². The van der Waals surface area contributed by atoms with Crippen LogP contribution in [0.2, 0.25) is 5.02 Å². The Morgan fingerprint density at radius 3 is 2.95 bits per heavy atom. The fourth-order valence-corrected chi connectivity index (χ4v) is 3.23. The number of carbonyl (C=O) groups excluding carboxylic acids is 1. The summed E-state index contributed by atoms with van der Waals surface area (Å²) in [4.78, 5) is 12.5. The van der Waals surface area contributed by atoms with Gasteiger partial charge < -0.3 is 11.1 Å². The second kappa shape index (κ2) is 5.90. The highest BCUT2D eigenvalue weighted by atomic mass is 35.5. The molecule has 0 fully saturated rings. The Hall–Kier alpha value is -1.11. The maximum atomic E-state index is 12.0. The molecule has 0 saturated heterocycles. The first-order chi connectivity index (χ1) is 8.99. The number of anilines is 1. The molecule has 2 rings (SSSR count). The first kappa shape index (κ1) is 14.3. The van der Waals surface area contributed by atoms with Crippen LogP contribution in [0.25, 0.3) is 10.1 Å². The zero-order valence-electron chi connectivity index (χ0n) is 10.2. The first-order valence-corrected chi connectivity index (χ1v) is 8.47. The van der Waals surface area contributed by atoms with Gasteiger partial charge in [0.1, 0.15) is 4.88 Å². The maximum absolute atomic E-state index is 12.0. The second-order valence-corrected chi connectivity index (χ2v) is 7.06. The molecule has 1 heterocycles. The smallest absolute Gasteiger partial charge is 0.263 e. The van der Waals surface area contributed by atoms with Gasteiger partial charge in [-0.25, -0.2) is 0 Å².